The Bertz CT molecular complexity index is 442. The number of amides is 2. The molecule has 1 aliphatic heterocycles. The highest BCUT2D eigenvalue weighted by Gasteiger charge is 2.35. The first-order valence-electron chi connectivity index (χ1n) is 3.81. The molecule has 0 aromatic heterocycles. The molecule has 2 rings (SSSR count). The van der Waals surface area contributed by atoms with Gasteiger partial charge in [0, 0.05) is 0 Å². The van der Waals surface area contributed by atoms with E-state index in [2.05, 4.69) is 17.3 Å². The Kier molecular flexibility index (Phi) is 1.96. The summed E-state index contributed by atoms with van der Waals surface area (Å²) in [6.45, 7) is 0. The summed E-state index contributed by atoms with van der Waals surface area (Å²) in [4.78, 5) is 23.0. The number of carbonyl (C=O) groups excluding carboxylic acids is 2. The van der Waals surface area contributed by atoms with Crippen LogP contribution < -0.4 is 0 Å². The molecule has 1 aromatic carbocycles. The molecule has 1 heterocycles. The number of nitrogens with zero attached hydrogens (tertiary/aromatic N) is 2. The standard InChI is InChI=1S/C9H4N2O2S/c12-8-6-3-1-2-4-7(6)9(13)11(8)10-5-14/h1-4H. The van der Waals surface area contributed by atoms with Crippen molar-refractivity contribution in [1.82, 2.24) is 5.01 Å². The molecule has 0 aliphatic carbocycles. The molecular weight excluding hydrogens is 200 g/mol. The molecule has 0 spiro atoms. The number of hydrogen-bond acceptors (Lipinski definition) is 4. The Morgan fingerprint density at radius 3 is 2.07 bits per heavy atom. The fraction of sp³-hybridized carbons (Fsp3) is 0. The van der Waals surface area contributed by atoms with Crippen molar-refractivity contribution < 1.29 is 9.59 Å². The Morgan fingerprint density at radius 1 is 1.14 bits per heavy atom. The lowest BCUT2D eigenvalue weighted by Gasteiger charge is -2.01. The molecule has 0 fully saturated rings. The average Bonchev–Trinajstić information content (AvgIpc) is 2.45. The van der Waals surface area contributed by atoms with E-state index in [9.17, 15) is 9.59 Å². The van der Waals surface area contributed by atoms with Crippen LogP contribution >= 0.6 is 12.2 Å². The van der Waals surface area contributed by atoms with Gasteiger partial charge in [0.15, 0.2) is 0 Å². The third kappa shape index (κ3) is 1.08. The average molecular weight is 204 g/mol. The Hall–Kier alpha value is -1.84. The topological polar surface area (TPSA) is 49.7 Å². The lowest BCUT2D eigenvalue weighted by molar-refractivity contribution is 0.0660. The van der Waals surface area contributed by atoms with Crippen molar-refractivity contribution in [1.29, 1.82) is 0 Å². The van der Waals surface area contributed by atoms with Crippen molar-refractivity contribution in [3.8, 4) is 0 Å². The van der Waals surface area contributed by atoms with Gasteiger partial charge in [0.2, 0.25) is 0 Å². The number of rotatable bonds is 1. The van der Waals surface area contributed by atoms with Crippen LogP contribution in [-0.4, -0.2) is 22.0 Å². The number of hydrazone groups is 1. The second kappa shape index (κ2) is 3.14. The van der Waals surface area contributed by atoms with Crippen LogP contribution in [0.5, 0.6) is 0 Å². The van der Waals surface area contributed by atoms with Crippen LogP contribution in [0.25, 0.3) is 0 Å². The molecule has 14 heavy (non-hydrogen) atoms. The molecule has 0 saturated carbocycles. The second-order valence-corrected chi connectivity index (χ2v) is 2.84. The van der Waals surface area contributed by atoms with Crippen molar-refractivity contribution in [2.75, 3.05) is 0 Å². The van der Waals surface area contributed by atoms with Crippen LogP contribution in [0.3, 0.4) is 0 Å². The van der Waals surface area contributed by atoms with Crippen LogP contribution in [-0.2, 0) is 0 Å². The van der Waals surface area contributed by atoms with Gasteiger partial charge in [-0.1, -0.05) is 12.1 Å². The molecule has 0 unspecified atom stereocenters. The molecule has 0 atom stereocenters. The molecule has 0 saturated heterocycles. The van der Waals surface area contributed by atoms with Gasteiger partial charge in [-0.3, -0.25) is 9.59 Å². The zero-order valence-electron chi connectivity index (χ0n) is 6.93. The van der Waals surface area contributed by atoms with E-state index in [4.69, 9.17) is 0 Å². The van der Waals surface area contributed by atoms with Gasteiger partial charge < -0.3 is 0 Å². The molecule has 0 N–H and O–H groups in total. The van der Waals surface area contributed by atoms with Gasteiger partial charge in [-0.25, -0.2) is 0 Å². The third-order valence-corrected chi connectivity index (χ3v) is 2.00. The summed E-state index contributed by atoms with van der Waals surface area (Å²) in [5.41, 5.74) is 0.706. The predicted molar refractivity (Wildman–Crippen MR) is 52.0 cm³/mol. The molecule has 5 heteroatoms. The summed E-state index contributed by atoms with van der Waals surface area (Å²) in [6.07, 6.45) is 0. The number of benzene rings is 1. The minimum Gasteiger partial charge on any atom is -0.267 e. The molecular formula is C9H4N2O2S. The highest BCUT2D eigenvalue weighted by molar-refractivity contribution is 7.78. The minimum absolute atomic E-state index is 0.353. The Labute approximate surface area is 84.8 Å². The van der Waals surface area contributed by atoms with Crippen LogP contribution in [0.15, 0.2) is 29.4 Å². The van der Waals surface area contributed by atoms with Crippen molar-refractivity contribution in [3.05, 3.63) is 35.4 Å². The van der Waals surface area contributed by atoms with E-state index in [-0.39, 0.29) is 0 Å². The molecule has 68 valence electrons. The first-order valence-corrected chi connectivity index (χ1v) is 4.22. The fourth-order valence-corrected chi connectivity index (χ4v) is 1.39. The van der Waals surface area contributed by atoms with E-state index in [1.807, 2.05) is 5.16 Å². The van der Waals surface area contributed by atoms with Gasteiger partial charge in [-0.15, -0.1) is 10.1 Å². The largest absolute Gasteiger partial charge is 0.282 e. The van der Waals surface area contributed by atoms with Crippen molar-refractivity contribution in [2.45, 2.75) is 0 Å². The van der Waals surface area contributed by atoms with Gasteiger partial charge in [0.1, 0.15) is 0 Å². The summed E-state index contributed by atoms with van der Waals surface area (Å²) >= 11 is 4.34. The predicted octanol–water partition coefficient (Wildman–Crippen LogP) is 1.30. The van der Waals surface area contributed by atoms with E-state index in [1.165, 1.54) is 0 Å². The van der Waals surface area contributed by atoms with Crippen LogP contribution in [0.4, 0.5) is 0 Å². The van der Waals surface area contributed by atoms with Crippen molar-refractivity contribution in [3.63, 3.8) is 0 Å². The fourth-order valence-electron chi connectivity index (χ4n) is 1.31. The van der Waals surface area contributed by atoms with E-state index in [0.29, 0.717) is 11.1 Å². The quantitative estimate of drug-likeness (QED) is 0.393. The molecule has 0 radical (unpaired) electrons. The van der Waals surface area contributed by atoms with Crippen LogP contribution in [0.1, 0.15) is 20.7 Å². The number of hydrogen-bond donors (Lipinski definition) is 0. The maximum atomic E-state index is 11.5. The lowest BCUT2D eigenvalue weighted by atomic mass is 10.1. The lowest BCUT2D eigenvalue weighted by Crippen LogP contribution is -2.23. The third-order valence-electron chi connectivity index (χ3n) is 1.91. The SMILES string of the molecule is O=C1c2ccccc2C(=O)N1N=C=S. The summed E-state index contributed by atoms with van der Waals surface area (Å²) in [5.74, 6) is -0.911. The first-order chi connectivity index (χ1) is 6.75. The monoisotopic (exact) mass is 204 g/mol. The zero-order chi connectivity index (χ0) is 10.1. The number of isothiocyanates is 1. The molecule has 0 bridgehead atoms. The summed E-state index contributed by atoms with van der Waals surface area (Å²) in [7, 11) is 0. The van der Waals surface area contributed by atoms with Gasteiger partial charge in [0.25, 0.3) is 11.8 Å². The van der Waals surface area contributed by atoms with E-state index in [1.54, 1.807) is 24.3 Å². The summed E-state index contributed by atoms with van der Waals surface area (Å²) in [6, 6.07) is 6.53. The molecule has 1 aliphatic rings. The van der Waals surface area contributed by atoms with E-state index >= 15 is 0 Å². The number of fused-ring (bicyclic) bond motifs is 1. The van der Waals surface area contributed by atoms with E-state index < -0.39 is 11.8 Å². The zero-order valence-corrected chi connectivity index (χ0v) is 7.75. The van der Waals surface area contributed by atoms with Crippen LogP contribution in [0.2, 0.25) is 0 Å². The van der Waals surface area contributed by atoms with E-state index in [0.717, 1.165) is 5.01 Å². The minimum atomic E-state index is -0.456. The van der Waals surface area contributed by atoms with Crippen molar-refractivity contribution >= 4 is 29.2 Å². The molecule has 1 aromatic rings. The van der Waals surface area contributed by atoms with Gasteiger partial charge in [-0.2, -0.15) is 0 Å². The summed E-state index contributed by atoms with van der Waals surface area (Å²) in [5, 5.41) is 6.12. The second-order valence-electron chi connectivity index (χ2n) is 2.66. The first kappa shape index (κ1) is 8.74. The van der Waals surface area contributed by atoms with Gasteiger partial charge in [-0.05, 0) is 24.4 Å². The van der Waals surface area contributed by atoms with Crippen LogP contribution in [0, 0.1) is 0 Å². The normalized spacial score (nSPS) is 13.9. The maximum absolute atomic E-state index is 11.5. The van der Waals surface area contributed by atoms with Gasteiger partial charge in [0.05, 0.1) is 16.3 Å². The smallest absolute Gasteiger partial charge is 0.267 e. The number of carbonyl (C=O) groups is 2. The highest BCUT2D eigenvalue weighted by atomic mass is 32.1. The number of imide groups is 1. The Balaban J connectivity index is 2.59. The van der Waals surface area contributed by atoms with Gasteiger partial charge >= 0.3 is 0 Å². The highest BCUT2D eigenvalue weighted by Crippen LogP contribution is 2.21. The molecule has 2 amide bonds. The maximum Gasteiger partial charge on any atom is 0.282 e. The number of thiocarbonyl (C=S) groups is 1. The molecule has 4 nitrogen and oxygen atoms in total. The summed E-state index contributed by atoms with van der Waals surface area (Å²) < 4.78 is 0. The van der Waals surface area contributed by atoms with Crippen molar-refractivity contribution in [2.24, 2.45) is 5.10 Å². The Morgan fingerprint density at radius 2 is 1.64 bits per heavy atom.